The molecule has 96 valence electrons. The average molecular weight is 262 g/mol. The molecule has 1 fully saturated rings. The molecular formula is C15H18O2S. The Bertz CT molecular complexity index is 534. The molecule has 3 heteroatoms. The van der Waals surface area contributed by atoms with E-state index in [1.165, 1.54) is 10.1 Å². The maximum atomic E-state index is 10.7. The number of ether oxygens (including phenoxy) is 1. The zero-order valence-electron chi connectivity index (χ0n) is 10.5. The molecule has 0 saturated carbocycles. The number of benzene rings is 1. The van der Waals surface area contributed by atoms with Gasteiger partial charge in [-0.3, -0.25) is 0 Å². The number of rotatable bonds is 2. The molecule has 0 spiro atoms. The molecule has 3 rings (SSSR count). The second kappa shape index (κ2) is 5.00. The SMILES string of the molecule is CC1COCCC1C(O)c1csc2ccccc12. The largest absolute Gasteiger partial charge is 0.388 e. The van der Waals surface area contributed by atoms with Crippen LogP contribution in [0.25, 0.3) is 10.1 Å². The number of fused-ring (bicyclic) bond motifs is 1. The van der Waals surface area contributed by atoms with Crippen LogP contribution < -0.4 is 0 Å². The van der Waals surface area contributed by atoms with Crippen LogP contribution in [-0.2, 0) is 4.74 Å². The third-order valence-corrected chi connectivity index (χ3v) is 4.92. The van der Waals surface area contributed by atoms with Gasteiger partial charge < -0.3 is 9.84 Å². The third-order valence-electron chi connectivity index (χ3n) is 3.94. The van der Waals surface area contributed by atoms with Crippen molar-refractivity contribution in [1.82, 2.24) is 0 Å². The highest BCUT2D eigenvalue weighted by Gasteiger charge is 2.30. The van der Waals surface area contributed by atoms with Gasteiger partial charge in [0.05, 0.1) is 6.10 Å². The van der Waals surface area contributed by atoms with E-state index in [0.717, 1.165) is 25.2 Å². The normalized spacial score (nSPS) is 26.3. The first-order chi connectivity index (χ1) is 8.77. The van der Waals surface area contributed by atoms with Crippen LogP contribution in [-0.4, -0.2) is 18.3 Å². The molecule has 3 atom stereocenters. The number of hydrogen-bond donors (Lipinski definition) is 1. The Labute approximate surface area is 111 Å². The fourth-order valence-electron chi connectivity index (χ4n) is 2.82. The molecule has 1 aromatic heterocycles. The molecular weight excluding hydrogens is 244 g/mol. The van der Waals surface area contributed by atoms with Crippen molar-refractivity contribution in [3.63, 3.8) is 0 Å². The highest BCUT2D eigenvalue weighted by Crippen LogP contribution is 2.38. The van der Waals surface area contributed by atoms with Crippen molar-refractivity contribution in [2.75, 3.05) is 13.2 Å². The standard InChI is InChI=1S/C15H18O2S/c1-10-8-17-7-6-11(10)15(16)13-9-18-14-5-3-2-4-12(13)14/h2-5,9-11,15-16H,6-8H2,1H3. The van der Waals surface area contributed by atoms with Crippen molar-refractivity contribution in [3.8, 4) is 0 Å². The molecule has 1 saturated heterocycles. The Hall–Kier alpha value is -0.900. The van der Waals surface area contributed by atoms with Gasteiger partial charge in [0.1, 0.15) is 0 Å². The predicted molar refractivity (Wildman–Crippen MR) is 74.9 cm³/mol. The summed E-state index contributed by atoms with van der Waals surface area (Å²) in [7, 11) is 0. The number of hydrogen-bond acceptors (Lipinski definition) is 3. The first-order valence-corrected chi connectivity index (χ1v) is 7.37. The maximum Gasteiger partial charge on any atom is 0.0836 e. The Morgan fingerprint density at radius 2 is 2.22 bits per heavy atom. The van der Waals surface area contributed by atoms with Crippen LogP contribution in [0.4, 0.5) is 0 Å². The number of aliphatic hydroxyl groups is 1. The first-order valence-electron chi connectivity index (χ1n) is 6.49. The highest BCUT2D eigenvalue weighted by molar-refractivity contribution is 7.17. The van der Waals surface area contributed by atoms with Crippen LogP contribution in [0.3, 0.4) is 0 Å². The molecule has 18 heavy (non-hydrogen) atoms. The quantitative estimate of drug-likeness (QED) is 0.896. The molecule has 1 aliphatic rings. The molecule has 2 heterocycles. The van der Waals surface area contributed by atoms with Crippen molar-refractivity contribution in [3.05, 3.63) is 35.2 Å². The van der Waals surface area contributed by atoms with E-state index >= 15 is 0 Å². The second-order valence-corrected chi connectivity index (χ2v) is 6.05. The summed E-state index contributed by atoms with van der Waals surface area (Å²) < 4.78 is 6.71. The lowest BCUT2D eigenvalue weighted by Gasteiger charge is -2.32. The van der Waals surface area contributed by atoms with Crippen molar-refractivity contribution in [2.45, 2.75) is 19.4 Å². The zero-order valence-corrected chi connectivity index (χ0v) is 11.3. The Balaban J connectivity index is 1.93. The predicted octanol–water partition coefficient (Wildman–Crippen LogP) is 3.61. The second-order valence-electron chi connectivity index (χ2n) is 5.14. The van der Waals surface area contributed by atoms with Crippen LogP contribution in [0, 0.1) is 11.8 Å². The van der Waals surface area contributed by atoms with Crippen molar-refractivity contribution >= 4 is 21.4 Å². The molecule has 1 aromatic carbocycles. The van der Waals surface area contributed by atoms with E-state index in [0.29, 0.717) is 11.8 Å². The summed E-state index contributed by atoms with van der Waals surface area (Å²) >= 11 is 1.72. The molecule has 0 radical (unpaired) electrons. The van der Waals surface area contributed by atoms with Gasteiger partial charge in [-0.2, -0.15) is 0 Å². The first kappa shape index (κ1) is 12.2. The van der Waals surface area contributed by atoms with Gasteiger partial charge in [-0.25, -0.2) is 0 Å². The van der Waals surface area contributed by atoms with Gasteiger partial charge in [0, 0.05) is 17.9 Å². The van der Waals surface area contributed by atoms with Crippen molar-refractivity contribution < 1.29 is 9.84 Å². The van der Waals surface area contributed by atoms with E-state index < -0.39 is 0 Å². The monoisotopic (exact) mass is 262 g/mol. The molecule has 0 amide bonds. The van der Waals surface area contributed by atoms with Gasteiger partial charge in [0.25, 0.3) is 0 Å². The van der Waals surface area contributed by atoms with Crippen molar-refractivity contribution in [1.29, 1.82) is 0 Å². The Kier molecular flexibility index (Phi) is 3.37. The highest BCUT2D eigenvalue weighted by atomic mass is 32.1. The van der Waals surface area contributed by atoms with E-state index in [9.17, 15) is 5.11 Å². The Morgan fingerprint density at radius 1 is 1.39 bits per heavy atom. The molecule has 2 nitrogen and oxygen atoms in total. The lowest BCUT2D eigenvalue weighted by molar-refractivity contribution is -0.0304. The van der Waals surface area contributed by atoms with Crippen LogP contribution >= 0.6 is 11.3 Å². The summed E-state index contributed by atoms with van der Waals surface area (Å²) in [6.45, 7) is 3.71. The third kappa shape index (κ3) is 2.07. The number of thiophene rings is 1. The average Bonchev–Trinajstić information content (AvgIpc) is 2.82. The topological polar surface area (TPSA) is 29.5 Å². The molecule has 1 aliphatic heterocycles. The van der Waals surface area contributed by atoms with Crippen LogP contribution in [0.1, 0.15) is 25.0 Å². The minimum absolute atomic E-state index is 0.316. The van der Waals surface area contributed by atoms with Crippen molar-refractivity contribution in [2.24, 2.45) is 11.8 Å². The molecule has 0 aliphatic carbocycles. The van der Waals surface area contributed by atoms with Crippen LogP contribution in [0.2, 0.25) is 0 Å². The number of aliphatic hydroxyl groups excluding tert-OH is 1. The summed E-state index contributed by atoms with van der Waals surface area (Å²) in [5.41, 5.74) is 1.09. The Morgan fingerprint density at radius 3 is 3.06 bits per heavy atom. The van der Waals surface area contributed by atoms with Gasteiger partial charge in [0.2, 0.25) is 0 Å². The smallest absolute Gasteiger partial charge is 0.0836 e. The van der Waals surface area contributed by atoms with Gasteiger partial charge in [0.15, 0.2) is 0 Å². The summed E-state index contributed by atoms with van der Waals surface area (Å²) in [6, 6.07) is 8.31. The summed E-state index contributed by atoms with van der Waals surface area (Å²) in [6.07, 6.45) is 0.590. The van der Waals surface area contributed by atoms with Gasteiger partial charge >= 0.3 is 0 Å². The molecule has 1 N–H and O–H groups in total. The summed E-state index contributed by atoms with van der Waals surface area (Å²) in [5, 5.41) is 14.0. The van der Waals surface area contributed by atoms with Gasteiger partial charge in [-0.05, 0) is 40.7 Å². The van der Waals surface area contributed by atoms with Gasteiger partial charge in [-0.1, -0.05) is 25.1 Å². The van der Waals surface area contributed by atoms with Gasteiger partial charge in [-0.15, -0.1) is 11.3 Å². The molecule has 3 unspecified atom stereocenters. The van der Waals surface area contributed by atoms with E-state index in [4.69, 9.17) is 4.74 Å². The van der Waals surface area contributed by atoms with E-state index in [1.807, 2.05) is 12.1 Å². The zero-order chi connectivity index (χ0) is 12.5. The fourth-order valence-corrected chi connectivity index (χ4v) is 3.81. The molecule has 0 bridgehead atoms. The lowest BCUT2D eigenvalue weighted by Crippen LogP contribution is -2.29. The minimum Gasteiger partial charge on any atom is -0.388 e. The summed E-state index contributed by atoms with van der Waals surface area (Å²) in [5.74, 6) is 0.740. The van der Waals surface area contributed by atoms with E-state index in [2.05, 4.69) is 24.4 Å². The lowest BCUT2D eigenvalue weighted by atomic mass is 9.82. The fraction of sp³-hybridized carbons (Fsp3) is 0.467. The summed E-state index contributed by atoms with van der Waals surface area (Å²) in [4.78, 5) is 0. The molecule has 2 aromatic rings. The van der Waals surface area contributed by atoms with E-state index in [1.54, 1.807) is 11.3 Å². The van der Waals surface area contributed by atoms with Crippen LogP contribution in [0.15, 0.2) is 29.6 Å². The van der Waals surface area contributed by atoms with Crippen LogP contribution in [0.5, 0.6) is 0 Å². The minimum atomic E-state index is -0.361. The van der Waals surface area contributed by atoms with E-state index in [-0.39, 0.29) is 6.10 Å². The maximum absolute atomic E-state index is 10.7.